The summed E-state index contributed by atoms with van der Waals surface area (Å²) >= 11 is 0. The number of esters is 1. The fourth-order valence-electron chi connectivity index (χ4n) is 4.21. The number of amides is 2. The number of hydrogen-bond acceptors (Lipinski definition) is 7. The molecule has 0 saturated carbocycles. The van der Waals surface area contributed by atoms with Crippen LogP contribution in [0.5, 0.6) is 0 Å². The molecule has 0 aliphatic carbocycles. The van der Waals surface area contributed by atoms with Crippen molar-refractivity contribution in [1.82, 2.24) is 15.5 Å². The van der Waals surface area contributed by atoms with Crippen LogP contribution in [0.4, 0.5) is 9.59 Å². The van der Waals surface area contributed by atoms with Crippen molar-refractivity contribution in [2.75, 3.05) is 33.3 Å². The molecule has 0 fully saturated rings. The van der Waals surface area contributed by atoms with Crippen LogP contribution >= 0.6 is 0 Å². The summed E-state index contributed by atoms with van der Waals surface area (Å²) in [6.07, 6.45) is 8.84. The van der Waals surface area contributed by atoms with E-state index in [4.69, 9.17) is 14.2 Å². The number of hydrogen-bond donors (Lipinski definition) is 2. The van der Waals surface area contributed by atoms with E-state index in [1.807, 2.05) is 65.8 Å². The molecule has 9 nitrogen and oxygen atoms in total. The normalized spacial score (nSPS) is 11.7. The molecule has 1 aromatic carbocycles. The Kier molecular flexibility index (Phi) is 17.1. The standard InChI is InChI=1S/C32H55N3O6/c1-31(2,3)40-29(37)33-21-13-9-8-11-15-23-35(25-26-17-19-27(20-18-26)28(36)39-7)24-16-12-10-14-22-34-30(38)41-32(4,5)6/h17-20H,8-16,21-25H2,1-7H3,(H,33,37)(H,34,38). The summed E-state index contributed by atoms with van der Waals surface area (Å²) in [5.74, 6) is -0.323. The largest absolute Gasteiger partial charge is 0.465 e. The van der Waals surface area contributed by atoms with Crippen LogP contribution in [0.25, 0.3) is 0 Å². The van der Waals surface area contributed by atoms with Crippen molar-refractivity contribution in [3.63, 3.8) is 0 Å². The van der Waals surface area contributed by atoms with Gasteiger partial charge in [0, 0.05) is 19.6 Å². The van der Waals surface area contributed by atoms with Gasteiger partial charge in [-0.2, -0.15) is 0 Å². The van der Waals surface area contributed by atoms with E-state index in [1.54, 1.807) is 0 Å². The van der Waals surface area contributed by atoms with E-state index in [-0.39, 0.29) is 18.2 Å². The van der Waals surface area contributed by atoms with Gasteiger partial charge >= 0.3 is 18.2 Å². The summed E-state index contributed by atoms with van der Waals surface area (Å²) in [5, 5.41) is 5.64. The quantitative estimate of drug-likeness (QED) is 0.112. The van der Waals surface area contributed by atoms with E-state index >= 15 is 0 Å². The van der Waals surface area contributed by atoms with Crippen LogP contribution in [-0.4, -0.2) is 67.5 Å². The molecule has 0 aliphatic heterocycles. The number of ether oxygens (including phenoxy) is 3. The lowest BCUT2D eigenvalue weighted by atomic mass is 10.1. The van der Waals surface area contributed by atoms with E-state index in [0.717, 1.165) is 77.4 Å². The van der Waals surface area contributed by atoms with Gasteiger partial charge in [-0.3, -0.25) is 4.90 Å². The van der Waals surface area contributed by atoms with Crippen LogP contribution in [0.1, 0.15) is 115 Å². The molecule has 2 N–H and O–H groups in total. The summed E-state index contributed by atoms with van der Waals surface area (Å²) < 4.78 is 15.4. The first-order valence-corrected chi connectivity index (χ1v) is 15.1. The topological polar surface area (TPSA) is 106 Å². The minimum Gasteiger partial charge on any atom is -0.465 e. The highest BCUT2D eigenvalue weighted by Crippen LogP contribution is 2.13. The second-order valence-corrected chi connectivity index (χ2v) is 12.5. The molecule has 0 aliphatic rings. The van der Waals surface area contributed by atoms with Crippen molar-refractivity contribution < 1.29 is 28.6 Å². The predicted octanol–water partition coefficient (Wildman–Crippen LogP) is 6.84. The molecule has 0 unspecified atom stereocenters. The van der Waals surface area contributed by atoms with Gasteiger partial charge in [-0.25, -0.2) is 14.4 Å². The summed E-state index contributed by atoms with van der Waals surface area (Å²) in [6.45, 7) is 15.3. The minimum atomic E-state index is -0.480. The second-order valence-electron chi connectivity index (χ2n) is 12.5. The number of benzene rings is 1. The Hall–Kier alpha value is -2.81. The van der Waals surface area contributed by atoms with Gasteiger partial charge in [0.15, 0.2) is 0 Å². The Bertz CT molecular complexity index is 890. The lowest BCUT2D eigenvalue weighted by Gasteiger charge is -2.23. The maximum atomic E-state index is 11.8. The van der Waals surface area contributed by atoms with Crippen LogP contribution in [0.2, 0.25) is 0 Å². The Morgan fingerprint density at radius 3 is 1.49 bits per heavy atom. The average Bonchev–Trinajstić information content (AvgIpc) is 2.87. The molecule has 0 saturated heterocycles. The van der Waals surface area contributed by atoms with Gasteiger partial charge in [0.05, 0.1) is 12.7 Å². The van der Waals surface area contributed by atoms with Crippen molar-refractivity contribution in [3.05, 3.63) is 35.4 Å². The number of methoxy groups -OCH3 is 1. The van der Waals surface area contributed by atoms with Crippen LogP contribution in [0.3, 0.4) is 0 Å². The maximum absolute atomic E-state index is 11.8. The monoisotopic (exact) mass is 577 g/mol. The molecule has 0 atom stereocenters. The molecule has 0 heterocycles. The zero-order valence-corrected chi connectivity index (χ0v) is 26.6. The fraction of sp³-hybridized carbons (Fsp3) is 0.719. The second kappa shape index (κ2) is 19.3. The van der Waals surface area contributed by atoms with Crippen LogP contribution in [0.15, 0.2) is 24.3 Å². The Labute approximate surface area is 248 Å². The highest BCUT2D eigenvalue weighted by Gasteiger charge is 2.16. The first kappa shape index (κ1) is 36.2. The van der Waals surface area contributed by atoms with E-state index in [2.05, 4.69) is 15.5 Å². The van der Waals surface area contributed by atoms with Gasteiger partial charge in [0.2, 0.25) is 0 Å². The smallest absolute Gasteiger partial charge is 0.407 e. The molecule has 9 heteroatoms. The maximum Gasteiger partial charge on any atom is 0.407 e. The molecule has 0 aromatic heterocycles. The van der Waals surface area contributed by atoms with Crippen LogP contribution in [0, 0.1) is 0 Å². The minimum absolute atomic E-state index is 0.323. The number of alkyl carbamates (subject to hydrolysis) is 2. The highest BCUT2D eigenvalue weighted by molar-refractivity contribution is 5.89. The Balaban J connectivity index is 2.38. The fourth-order valence-corrected chi connectivity index (χ4v) is 4.21. The lowest BCUT2D eigenvalue weighted by molar-refractivity contribution is 0.0515. The Morgan fingerprint density at radius 2 is 1.07 bits per heavy atom. The molecule has 234 valence electrons. The highest BCUT2D eigenvalue weighted by atomic mass is 16.6. The van der Waals surface area contributed by atoms with Crippen molar-refractivity contribution in [1.29, 1.82) is 0 Å². The van der Waals surface area contributed by atoms with E-state index in [9.17, 15) is 14.4 Å². The molecule has 0 radical (unpaired) electrons. The predicted molar refractivity (Wildman–Crippen MR) is 163 cm³/mol. The van der Waals surface area contributed by atoms with Gasteiger partial charge in [-0.05, 0) is 98.0 Å². The zero-order chi connectivity index (χ0) is 30.7. The number of carbonyl (C=O) groups is 3. The first-order chi connectivity index (χ1) is 19.3. The first-order valence-electron chi connectivity index (χ1n) is 15.1. The number of nitrogens with one attached hydrogen (secondary N) is 2. The van der Waals surface area contributed by atoms with Crippen LogP contribution < -0.4 is 10.6 Å². The third-order valence-electron chi connectivity index (χ3n) is 6.17. The molecule has 2 amide bonds. The van der Waals surface area contributed by atoms with E-state index in [0.29, 0.717) is 18.7 Å². The molecule has 0 bridgehead atoms. The van der Waals surface area contributed by atoms with Crippen LogP contribution in [-0.2, 0) is 20.8 Å². The van der Waals surface area contributed by atoms with Crippen molar-refractivity contribution >= 4 is 18.2 Å². The molecular formula is C32H55N3O6. The number of carbonyl (C=O) groups excluding carboxylic acids is 3. The molecular weight excluding hydrogens is 522 g/mol. The van der Waals surface area contributed by atoms with E-state index in [1.165, 1.54) is 12.7 Å². The van der Waals surface area contributed by atoms with Gasteiger partial charge in [-0.15, -0.1) is 0 Å². The molecule has 0 spiro atoms. The van der Waals surface area contributed by atoms with Crippen molar-refractivity contribution in [3.8, 4) is 0 Å². The average molecular weight is 578 g/mol. The summed E-state index contributed by atoms with van der Waals surface area (Å²) in [4.78, 5) is 37.7. The third-order valence-corrected chi connectivity index (χ3v) is 6.17. The number of unbranched alkanes of at least 4 members (excludes halogenated alkanes) is 7. The third kappa shape index (κ3) is 19.8. The molecule has 1 aromatic rings. The zero-order valence-electron chi connectivity index (χ0n) is 26.6. The lowest BCUT2D eigenvalue weighted by Crippen LogP contribution is -2.33. The summed E-state index contributed by atoms with van der Waals surface area (Å²) in [7, 11) is 1.39. The summed E-state index contributed by atoms with van der Waals surface area (Å²) in [5.41, 5.74) is 0.779. The van der Waals surface area contributed by atoms with E-state index < -0.39 is 11.2 Å². The van der Waals surface area contributed by atoms with Crippen molar-refractivity contribution in [2.45, 2.75) is 117 Å². The SMILES string of the molecule is COC(=O)c1ccc(CN(CCCCCCCNC(=O)OC(C)(C)C)CCCCCCNC(=O)OC(C)(C)C)cc1. The molecule has 1 rings (SSSR count). The number of rotatable bonds is 18. The summed E-state index contributed by atoms with van der Waals surface area (Å²) in [6, 6.07) is 7.64. The molecule has 41 heavy (non-hydrogen) atoms. The van der Waals surface area contributed by atoms with Gasteiger partial charge in [0.1, 0.15) is 11.2 Å². The van der Waals surface area contributed by atoms with Gasteiger partial charge in [-0.1, -0.05) is 44.2 Å². The van der Waals surface area contributed by atoms with Crippen molar-refractivity contribution in [2.24, 2.45) is 0 Å². The van der Waals surface area contributed by atoms with Gasteiger partial charge in [0.25, 0.3) is 0 Å². The van der Waals surface area contributed by atoms with Gasteiger partial charge < -0.3 is 24.8 Å². The Morgan fingerprint density at radius 1 is 0.659 bits per heavy atom. The number of nitrogens with zero attached hydrogens (tertiary/aromatic N) is 1.